The van der Waals surface area contributed by atoms with E-state index in [2.05, 4.69) is 10.3 Å². The highest BCUT2D eigenvalue weighted by atomic mass is 16.4. The molecule has 2 aliphatic heterocycles. The van der Waals surface area contributed by atoms with Gasteiger partial charge in [-0.05, 0) is 49.7 Å². The summed E-state index contributed by atoms with van der Waals surface area (Å²) in [5, 5.41) is 3.30. The summed E-state index contributed by atoms with van der Waals surface area (Å²) in [7, 11) is 0. The van der Waals surface area contributed by atoms with Crippen molar-refractivity contribution < 1.29 is 18.8 Å². The molecular formula is C24H31N5O4. The fourth-order valence-corrected chi connectivity index (χ4v) is 5.84. The molecule has 5 rings (SSSR count). The molecule has 0 unspecified atom stereocenters. The lowest BCUT2D eigenvalue weighted by Crippen LogP contribution is -2.51. The lowest BCUT2D eigenvalue weighted by atomic mass is 9.75. The maximum absolute atomic E-state index is 13.3. The summed E-state index contributed by atoms with van der Waals surface area (Å²) in [6.07, 6.45) is 9.31. The highest BCUT2D eigenvalue weighted by Gasteiger charge is 2.37. The van der Waals surface area contributed by atoms with Gasteiger partial charge in [0, 0.05) is 32.4 Å². The molecule has 4 heterocycles. The molecule has 0 radical (unpaired) electrons. The molecule has 4 amide bonds. The van der Waals surface area contributed by atoms with Crippen LogP contribution in [0.15, 0.2) is 22.7 Å². The summed E-state index contributed by atoms with van der Waals surface area (Å²) in [4.78, 5) is 46.0. The molecule has 0 spiro atoms. The van der Waals surface area contributed by atoms with Gasteiger partial charge in [0.1, 0.15) is 5.69 Å². The Balaban J connectivity index is 1.26. The number of amides is 4. The molecule has 3 aliphatic rings. The van der Waals surface area contributed by atoms with Gasteiger partial charge in [-0.2, -0.15) is 0 Å². The Morgan fingerprint density at radius 1 is 1.00 bits per heavy atom. The molecule has 2 aromatic rings. The molecular weight excluding hydrogens is 422 g/mol. The summed E-state index contributed by atoms with van der Waals surface area (Å²) in [5.41, 5.74) is 5.91. The molecule has 176 valence electrons. The number of pyridine rings is 1. The number of hydrogen-bond donors (Lipinski definition) is 2. The van der Waals surface area contributed by atoms with Crippen molar-refractivity contribution in [3.05, 3.63) is 24.1 Å². The third-order valence-corrected chi connectivity index (χ3v) is 7.58. The Labute approximate surface area is 192 Å². The fraction of sp³-hybridized carbons (Fsp3) is 0.583. The molecule has 1 saturated carbocycles. The average molecular weight is 454 g/mol. The fourth-order valence-electron chi connectivity index (χ4n) is 5.84. The highest BCUT2D eigenvalue weighted by molar-refractivity contribution is 6.09. The molecule has 3 fully saturated rings. The number of anilines is 1. The first-order chi connectivity index (χ1) is 16.0. The van der Waals surface area contributed by atoms with E-state index in [9.17, 15) is 14.4 Å². The van der Waals surface area contributed by atoms with E-state index in [0.717, 1.165) is 38.3 Å². The number of likely N-dealkylation sites (tertiary alicyclic amines) is 2. The van der Waals surface area contributed by atoms with E-state index < -0.39 is 5.91 Å². The number of nitrogens with one attached hydrogen (secondary N) is 1. The number of urea groups is 1. The first kappa shape index (κ1) is 21.7. The number of piperidine rings is 2. The van der Waals surface area contributed by atoms with Crippen LogP contribution in [0.3, 0.4) is 0 Å². The van der Waals surface area contributed by atoms with E-state index in [-0.39, 0.29) is 35.0 Å². The number of aromatic nitrogens is 1. The Morgan fingerprint density at radius 3 is 2.64 bits per heavy atom. The minimum Gasteiger partial charge on any atom is -0.430 e. The van der Waals surface area contributed by atoms with Gasteiger partial charge >= 0.3 is 6.03 Å². The number of hydrogen-bond acceptors (Lipinski definition) is 5. The number of carbonyl (C=O) groups is 3. The monoisotopic (exact) mass is 453 g/mol. The lowest BCUT2D eigenvalue weighted by Gasteiger charge is -2.43. The molecule has 1 aliphatic carbocycles. The number of furan rings is 1. The molecule has 3 atom stereocenters. The van der Waals surface area contributed by atoms with Crippen molar-refractivity contribution in [1.29, 1.82) is 0 Å². The zero-order chi connectivity index (χ0) is 22.9. The third-order valence-electron chi connectivity index (χ3n) is 7.58. The molecule has 2 aromatic heterocycles. The van der Waals surface area contributed by atoms with Crippen molar-refractivity contribution in [2.75, 3.05) is 31.5 Å². The second kappa shape index (κ2) is 9.03. The van der Waals surface area contributed by atoms with Gasteiger partial charge in [0.2, 0.25) is 17.4 Å². The van der Waals surface area contributed by atoms with Crippen LogP contribution in [0.2, 0.25) is 0 Å². The standard InChI is InChI=1S/C24H31N5O4/c25-21(30)20-19(18-8-3-10-26-22(18)33-20)27-24(32)29-11-4-7-17(14-29)23(31)28-12-9-15-5-1-2-6-16(15)13-28/h3,8,10,15-17H,1-2,4-7,9,11-14H2,(H2,25,30)(H,27,32)/t15-,16-,17+/m1/s1. The third kappa shape index (κ3) is 4.28. The zero-order valence-corrected chi connectivity index (χ0v) is 18.8. The minimum atomic E-state index is -0.777. The molecule has 33 heavy (non-hydrogen) atoms. The molecule has 0 bridgehead atoms. The van der Waals surface area contributed by atoms with Crippen LogP contribution in [0.25, 0.3) is 11.1 Å². The van der Waals surface area contributed by atoms with Crippen molar-refractivity contribution in [3.63, 3.8) is 0 Å². The number of nitrogens with zero attached hydrogens (tertiary/aromatic N) is 3. The predicted octanol–water partition coefficient (Wildman–Crippen LogP) is 3.21. The van der Waals surface area contributed by atoms with E-state index in [1.807, 2.05) is 4.90 Å². The largest absolute Gasteiger partial charge is 0.430 e. The van der Waals surface area contributed by atoms with Gasteiger partial charge in [-0.1, -0.05) is 19.3 Å². The quantitative estimate of drug-likeness (QED) is 0.739. The maximum Gasteiger partial charge on any atom is 0.321 e. The van der Waals surface area contributed by atoms with Gasteiger partial charge in [0.05, 0.1) is 11.3 Å². The number of carbonyl (C=O) groups excluding carboxylic acids is 3. The number of nitrogens with two attached hydrogens (primary N) is 1. The summed E-state index contributed by atoms with van der Waals surface area (Å²) >= 11 is 0. The van der Waals surface area contributed by atoms with Gasteiger partial charge in [0.25, 0.3) is 5.91 Å². The summed E-state index contributed by atoms with van der Waals surface area (Å²) in [6.45, 7) is 2.62. The second-order valence-corrected chi connectivity index (χ2v) is 9.62. The smallest absolute Gasteiger partial charge is 0.321 e. The maximum atomic E-state index is 13.3. The van der Waals surface area contributed by atoms with E-state index in [1.165, 1.54) is 25.7 Å². The van der Waals surface area contributed by atoms with E-state index >= 15 is 0 Å². The minimum absolute atomic E-state index is 0.128. The SMILES string of the molecule is NC(=O)c1oc2ncccc2c1NC(=O)N1CCC[C@H](C(=O)N2CC[C@H]3CCCC[C@@H]3C2)C1. The summed E-state index contributed by atoms with van der Waals surface area (Å²) < 4.78 is 5.45. The Morgan fingerprint density at radius 2 is 1.82 bits per heavy atom. The van der Waals surface area contributed by atoms with Crippen molar-refractivity contribution in [3.8, 4) is 0 Å². The average Bonchev–Trinajstić information content (AvgIpc) is 3.22. The van der Waals surface area contributed by atoms with E-state index in [0.29, 0.717) is 24.4 Å². The van der Waals surface area contributed by atoms with Crippen molar-refractivity contribution in [1.82, 2.24) is 14.8 Å². The van der Waals surface area contributed by atoms with Crippen LogP contribution in [-0.4, -0.2) is 58.8 Å². The summed E-state index contributed by atoms with van der Waals surface area (Å²) in [5.74, 6) is 0.485. The van der Waals surface area contributed by atoms with Crippen molar-refractivity contribution >= 4 is 34.6 Å². The van der Waals surface area contributed by atoms with Gasteiger partial charge in [-0.15, -0.1) is 0 Å². The van der Waals surface area contributed by atoms with Crippen LogP contribution >= 0.6 is 0 Å². The van der Waals surface area contributed by atoms with Crippen LogP contribution in [0.5, 0.6) is 0 Å². The normalized spacial score (nSPS) is 25.5. The zero-order valence-electron chi connectivity index (χ0n) is 18.8. The molecule has 0 aromatic carbocycles. The predicted molar refractivity (Wildman–Crippen MR) is 122 cm³/mol. The molecule has 2 saturated heterocycles. The second-order valence-electron chi connectivity index (χ2n) is 9.62. The number of rotatable bonds is 3. The van der Waals surface area contributed by atoms with Crippen LogP contribution in [0.4, 0.5) is 10.5 Å². The molecule has 9 nitrogen and oxygen atoms in total. The van der Waals surface area contributed by atoms with Crippen molar-refractivity contribution in [2.24, 2.45) is 23.5 Å². The van der Waals surface area contributed by atoms with Crippen molar-refractivity contribution in [2.45, 2.75) is 44.9 Å². The first-order valence-electron chi connectivity index (χ1n) is 12.0. The van der Waals surface area contributed by atoms with Gasteiger partial charge in [-0.25, -0.2) is 9.78 Å². The van der Waals surface area contributed by atoms with Gasteiger partial charge in [-0.3, -0.25) is 9.59 Å². The van der Waals surface area contributed by atoms with E-state index in [4.69, 9.17) is 10.2 Å². The summed E-state index contributed by atoms with van der Waals surface area (Å²) in [6, 6.07) is 3.04. The first-order valence-corrected chi connectivity index (χ1v) is 12.0. The van der Waals surface area contributed by atoms with Gasteiger partial charge in [0.15, 0.2) is 0 Å². The molecule has 9 heteroatoms. The Hall–Kier alpha value is -3.10. The lowest BCUT2D eigenvalue weighted by molar-refractivity contribution is -0.140. The van der Waals surface area contributed by atoms with Crippen LogP contribution in [0, 0.1) is 17.8 Å². The highest BCUT2D eigenvalue weighted by Crippen LogP contribution is 2.37. The van der Waals surface area contributed by atoms with Crippen LogP contribution < -0.4 is 11.1 Å². The number of primary amides is 1. The van der Waals surface area contributed by atoms with Crippen LogP contribution in [-0.2, 0) is 4.79 Å². The number of fused-ring (bicyclic) bond motifs is 2. The van der Waals surface area contributed by atoms with E-state index in [1.54, 1.807) is 23.2 Å². The van der Waals surface area contributed by atoms with Gasteiger partial charge < -0.3 is 25.3 Å². The Bertz CT molecular complexity index is 1070. The van der Waals surface area contributed by atoms with Crippen LogP contribution in [0.1, 0.15) is 55.5 Å². The molecule has 3 N–H and O–H groups in total. The Kier molecular flexibility index (Phi) is 5.95. The topological polar surface area (TPSA) is 122 Å².